The standard InChI is InChI=1S/C11H26N4O2/c12-14-15-13-10-8-6-4-2-1-3-5-7-9-11(16)17/h13-15H,1-10,12H2,(H,16,17). The molecule has 0 saturated heterocycles. The highest BCUT2D eigenvalue weighted by Crippen LogP contribution is 2.09. The van der Waals surface area contributed by atoms with Crippen LogP contribution in [0.5, 0.6) is 0 Å². The third-order valence-corrected chi connectivity index (χ3v) is 2.60. The van der Waals surface area contributed by atoms with E-state index in [0.717, 1.165) is 32.2 Å². The molecule has 0 aromatic heterocycles. The van der Waals surface area contributed by atoms with Crippen LogP contribution < -0.4 is 22.3 Å². The van der Waals surface area contributed by atoms with Gasteiger partial charge in [0, 0.05) is 13.0 Å². The Morgan fingerprint density at radius 2 is 1.47 bits per heavy atom. The van der Waals surface area contributed by atoms with Crippen molar-refractivity contribution in [2.45, 2.75) is 57.8 Å². The fourth-order valence-corrected chi connectivity index (χ4v) is 1.66. The molecule has 0 fully saturated rings. The molecular formula is C11H26N4O2. The summed E-state index contributed by atoms with van der Waals surface area (Å²) < 4.78 is 0. The maximum atomic E-state index is 10.3. The minimum absolute atomic E-state index is 0.313. The van der Waals surface area contributed by atoms with Gasteiger partial charge in [-0.3, -0.25) is 10.6 Å². The smallest absolute Gasteiger partial charge is 0.303 e. The van der Waals surface area contributed by atoms with Crippen molar-refractivity contribution >= 4 is 5.97 Å². The zero-order valence-electron chi connectivity index (χ0n) is 10.5. The topological polar surface area (TPSA) is 99.4 Å². The van der Waals surface area contributed by atoms with Crippen molar-refractivity contribution in [2.24, 2.45) is 5.84 Å². The normalized spacial score (nSPS) is 10.6. The van der Waals surface area contributed by atoms with Crippen LogP contribution in [0.1, 0.15) is 57.8 Å². The molecule has 102 valence electrons. The van der Waals surface area contributed by atoms with Gasteiger partial charge < -0.3 is 5.11 Å². The average Bonchev–Trinajstić information content (AvgIpc) is 2.30. The number of aliphatic carboxylic acids is 1. The van der Waals surface area contributed by atoms with Crippen molar-refractivity contribution in [3.63, 3.8) is 0 Å². The number of carboxylic acid groups (broad SMARTS) is 1. The minimum atomic E-state index is -0.682. The van der Waals surface area contributed by atoms with Crippen molar-refractivity contribution in [3.8, 4) is 0 Å². The lowest BCUT2D eigenvalue weighted by molar-refractivity contribution is -0.137. The molecule has 0 aliphatic heterocycles. The summed E-state index contributed by atoms with van der Waals surface area (Å²) in [5, 5.41) is 8.45. The Kier molecular flexibility index (Phi) is 12.8. The molecule has 0 aliphatic carbocycles. The van der Waals surface area contributed by atoms with Gasteiger partial charge in [0.2, 0.25) is 0 Å². The lowest BCUT2D eigenvalue weighted by Crippen LogP contribution is -2.47. The van der Waals surface area contributed by atoms with Crippen molar-refractivity contribution < 1.29 is 9.90 Å². The predicted molar refractivity (Wildman–Crippen MR) is 67.7 cm³/mol. The van der Waals surface area contributed by atoms with Crippen LogP contribution in [0.2, 0.25) is 0 Å². The van der Waals surface area contributed by atoms with Gasteiger partial charge in [0.15, 0.2) is 0 Å². The highest BCUT2D eigenvalue weighted by Gasteiger charge is 1.96. The second-order valence-electron chi connectivity index (χ2n) is 4.17. The van der Waals surface area contributed by atoms with E-state index in [1.807, 2.05) is 0 Å². The number of nitrogens with one attached hydrogen (secondary N) is 3. The molecule has 0 atom stereocenters. The number of hydrogen-bond acceptors (Lipinski definition) is 5. The van der Waals surface area contributed by atoms with Crippen molar-refractivity contribution in [1.82, 2.24) is 16.5 Å². The quantitative estimate of drug-likeness (QED) is 0.189. The molecule has 0 rings (SSSR count). The van der Waals surface area contributed by atoms with E-state index in [2.05, 4.69) is 16.5 Å². The van der Waals surface area contributed by atoms with Crippen LogP contribution in [0, 0.1) is 0 Å². The summed E-state index contributed by atoms with van der Waals surface area (Å²) in [5.74, 6) is 4.32. The first kappa shape index (κ1) is 16.3. The first-order valence-corrected chi connectivity index (χ1v) is 6.42. The lowest BCUT2D eigenvalue weighted by atomic mass is 10.1. The van der Waals surface area contributed by atoms with Crippen molar-refractivity contribution in [3.05, 3.63) is 0 Å². The van der Waals surface area contributed by atoms with Crippen LogP contribution in [-0.4, -0.2) is 17.6 Å². The molecule has 0 aromatic rings. The van der Waals surface area contributed by atoms with E-state index in [4.69, 9.17) is 10.9 Å². The molecule has 0 unspecified atom stereocenters. The highest BCUT2D eigenvalue weighted by molar-refractivity contribution is 5.66. The molecule has 0 aliphatic rings. The largest absolute Gasteiger partial charge is 0.481 e. The Hall–Kier alpha value is -0.690. The number of carbonyl (C=O) groups is 1. The fraction of sp³-hybridized carbons (Fsp3) is 0.909. The summed E-state index contributed by atoms with van der Waals surface area (Å²) in [6.45, 7) is 0.906. The number of unbranched alkanes of at least 4 members (excludes halogenated alkanes) is 7. The van der Waals surface area contributed by atoms with Crippen LogP contribution in [0.15, 0.2) is 0 Å². The van der Waals surface area contributed by atoms with Gasteiger partial charge in [0.05, 0.1) is 0 Å². The molecule has 6 heteroatoms. The Morgan fingerprint density at radius 1 is 0.941 bits per heavy atom. The highest BCUT2D eigenvalue weighted by atomic mass is 16.4. The van der Waals surface area contributed by atoms with Crippen LogP contribution in [0.4, 0.5) is 0 Å². The number of carboxylic acids is 1. The second kappa shape index (κ2) is 13.4. The maximum Gasteiger partial charge on any atom is 0.303 e. The van der Waals surface area contributed by atoms with Gasteiger partial charge in [-0.1, -0.05) is 38.5 Å². The van der Waals surface area contributed by atoms with Gasteiger partial charge >= 0.3 is 5.97 Å². The van der Waals surface area contributed by atoms with Crippen molar-refractivity contribution in [2.75, 3.05) is 6.54 Å². The summed E-state index contributed by atoms with van der Waals surface area (Å²) in [5.41, 5.74) is 7.84. The van der Waals surface area contributed by atoms with Crippen LogP contribution in [0.3, 0.4) is 0 Å². The monoisotopic (exact) mass is 246 g/mol. The summed E-state index contributed by atoms with van der Waals surface area (Å²) in [4.78, 5) is 10.3. The molecule has 0 amide bonds. The molecule has 0 heterocycles. The van der Waals surface area contributed by atoms with E-state index < -0.39 is 5.97 Å². The lowest BCUT2D eigenvalue weighted by Gasteiger charge is -2.04. The van der Waals surface area contributed by atoms with Gasteiger partial charge in [-0.05, 0) is 12.8 Å². The van der Waals surface area contributed by atoms with Crippen LogP contribution in [-0.2, 0) is 4.79 Å². The Labute approximate surface area is 103 Å². The van der Waals surface area contributed by atoms with Gasteiger partial charge in [-0.15, -0.1) is 0 Å². The first-order valence-electron chi connectivity index (χ1n) is 6.42. The Bertz CT molecular complexity index is 179. The number of nitrogens with two attached hydrogens (primary N) is 1. The molecule has 0 radical (unpaired) electrons. The average molecular weight is 246 g/mol. The minimum Gasteiger partial charge on any atom is -0.481 e. The SMILES string of the molecule is NNNNCCCCCCCCCCC(=O)O. The van der Waals surface area contributed by atoms with Crippen LogP contribution in [0.25, 0.3) is 0 Å². The first-order chi connectivity index (χ1) is 8.27. The molecular weight excluding hydrogens is 220 g/mol. The summed E-state index contributed by atoms with van der Waals surface area (Å²) in [6, 6.07) is 0. The Balaban J connectivity index is 2.91. The molecule has 0 saturated carbocycles. The third kappa shape index (κ3) is 15.3. The van der Waals surface area contributed by atoms with Gasteiger partial charge in [-0.2, -0.15) is 11.1 Å². The molecule has 17 heavy (non-hydrogen) atoms. The summed E-state index contributed by atoms with van der Waals surface area (Å²) in [6.07, 6.45) is 9.39. The van der Waals surface area contributed by atoms with E-state index in [1.54, 1.807) is 0 Å². The second-order valence-corrected chi connectivity index (χ2v) is 4.17. The van der Waals surface area contributed by atoms with E-state index in [0.29, 0.717) is 6.42 Å². The van der Waals surface area contributed by atoms with Gasteiger partial charge in [0.25, 0.3) is 0 Å². The zero-order valence-corrected chi connectivity index (χ0v) is 10.5. The molecule has 0 bridgehead atoms. The van der Waals surface area contributed by atoms with E-state index in [1.165, 1.54) is 25.7 Å². The Morgan fingerprint density at radius 3 is 2.00 bits per heavy atom. The van der Waals surface area contributed by atoms with E-state index in [9.17, 15) is 4.79 Å². The van der Waals surface area contributed by atoms with Crippen LogP contribution >= 0.6 is 0 Å². The fourth-order valence-electron chi connectivity index (χ4n) is 1.66. The molecule has 6 nitrogen and oxygen atoms in total. The molecule has 0 aromatic carbocycles. The third-order valence-electron chi connectivity index (χ3n) is 2.60. The number of hydrazine groups is 3. The predicted octanol–water partition coefficient (Wildman–Crippen LogP) is 1.05. The van der Waals surface area contributed by atoms with E-state index >= 15 is 0 Å². The molecule has 0 spiro atoms. The van der Waals surface area contributed by atoms with Crippen molar-refractivity contribution in [1.29, 1.82) is 0 Å². The zero-order chi connectivity index (χ0) is 12.8. The summed E-state index contributed by atoms with van der Waals surface area (Å²) >= 11 is 0. The van der Waals surface area contributed by atoms with Gasteiger partial charge in [-0.25, -0.2) is 5.43 Å². The van der Waals surface area contributed by atoms with E-state index in [-0.39, 0.29) is 0 Å². The number of rotatable bonds is 13. The van der Waals surface area contributed by atoms with Gasteiger partial charge in [0.1, 0.15) is 0 Å². The summed E-state index contributed by atoms with van der Waals surface area (Å²) in [7, 11) is 0. The number of hydrogen-bond donors (Lipinski definition) is 5. The molecule has 6 N–H and O–H groups in total. The maximum absolute atomic E-state index is 10.3.